The first-order valence-corrected chi connectivity index (χ1v) is 7.68. The first-order chi connectivity index (χ1) is 8.99. The predicted octanol–water partition coefficient (Wildman–Crippen LogP) is 1.68. The molecule has 0 saturated heterocycles. The van der Waals surface area contributed by atoms with Crippen LogP contribution in [-0.4, -0.2) is 28.1 Å². The largest absolute Gasteiger partial charge is 0.313 e. The highest BCUT2D eigenvalue weighted by atomic mass is 35.5. The van der Waals surface area contributed by atoms with E-state index in [4.69, 9.17) is 11.6 Å². The third-order valence-electron chi connectivity index (χ3n) is 2.83. The van der Waals surface area contributed by atoms with Gasteiger partial charge in [-0.25, -0.2) is 17.5 Å². The average molecular weight is 305 g/mol. The number of halogens is 2. The van der Waals surface area contributed by atoms with Gasteiger partial charge < -0.3 is 5.32 Å². The molecule has 7 heteroatoms. The van der Waals surface area contributed by atoms with Crippen LogP contribution in [-0.2, 0) is 10.0 Å². The van der Waals surface area contributed by atoms with Gasteiger partial charge in [-0.3, -0.25) is 0 Å². The van der Waals surface area contributed by atoms with Crippen LogP contribution in [0, 0.1) is 5.82 Å². The molecule has 19 heavy (non-hydrogen) atoms. The summed E-state index contributed by atoms with van der Waals surface area (Å²) in [4.78, 5) is -0.106. The molecule has 0 radical (unpaired) electrons. The van der Waals surface area contributed by atoms with Crippen LogP contribution < -0.4 is 10.0 Å². The zero-order valence-corrected chi connectivity index (χ0v) is 11.7. The Bertz CT molecular complexity index is 602. The van der Waals surface area contributed by atoms with Crippen LogP contribution in [0.4, 0.5) is 4.39 Å². The van der Waals surface area contributed by atoms with Gasteiger partial charge in [0.2, 0.25) is 10.0 Å². The number of hydrogen-bond acceptors (Lipinski definition) is 3. The SMILES string of the molecule is O=S(=O)(NCC1=CCNCC1)c1ccc(F)cc1Cl. The van der Waals surface area contributed by atoms with Crippen molar-refractivity contribution < 1.29 is 12.8 Å². The van der Waals surface area contributed by atoms with E-state index in [2.05, 4.69) is 10.0 Å². The second kappa shape index (κ2) is 6.00. The van der Waals surface area contributed by atoms with Crippen molar-refractivity contribution in [3.8, 4) is 0 Å². The molecule has 1 aromatic rings. The monoisotopic (exact) mass is 304 g/mol. The van der Waals surface area contributed by atoms with E-state index in [1.54, 1.807) is 0 Å². The summed E-state index contributed by atoms with van der Waals surface area (Å²) >= 11 is 5.75. The van der Waals surface area contributed by atoms with Gasteiger partial charge in [-0.2, -0.15) is 0 Å². The van der Waals surface area contributed by atoms with Gasteiger partial charge in [-0.1, -0.05) is 23.3 Å². The quantitative estimate of drug-likeness (QED) is 0.832. The smallest absolute Gasteiger partial charge is 0.242 e. The van der Waals surface area contributed by atoms with E-state index in [0.29, 0.717) is 0 Å². The lowest BCUT2D eigenvalue weighted by atomic mass is 10.1. The highest BCUT2D eigenvalue weighted by Crippen LogP contribution is 2.22. The van der Waals surface area contributed by atoms with E-state index >= 15 is 0 Å². The highest BCUT2D eigenvalue weighted by Gasteiger charge is 2.18. The van der Waals surface area contributed by atoms with Crippen molar-refractivity contribution in [3.05, 3.63) is 40.7 Å². The second-order valence-electron chi connectivity index (χ2n) is 4.22. The van der Waals surface area contributed by atoms with Gasteiger partial charge in [0.1, 0.15) is 10.7 Å². The van der Waals surface area contributed by atoms with E-state index in [0.717, 1.165) is 43.3 Å². The number of benzene rings is 1. The molecule has 1 aliphatic rings. The Hall–Kier alpha value is -0.950. The molecule has 0 aromatic heterocycles. The van der Waals surface area contributed by atoms with E-state index < -0.39 is 15.8 Å². The molecule has 0 spiro atoms. The van der Waals surface area contributed by atoms with Gasteiger partial charge in [0.25, 0.3) is 0 Å². The lowest BCUT2D eigenvalue weighted by Gasteiger charge is -2.15. The molecule has 0 fully saturated rings. The van der Waals surface area contributed by atoms with Crippen molar-refractivity contribution in [2.45, 2.75) is 11.3 Å². The topological polar surface area (TPSA) is 58.2 Å². The number of rotatable bonds is 4. The maximum atomic E-state index is 12.9. The maximum Gasteiger partial charge on any atom is 0.242 e. The lowest BCUT2D eigenvalue weighted by molar-refractivity contribution is 0.581. The molecule has 0 aliphatic carbocycles. The van der Waals surface area contributed by atoms with Gasteiger partial charge in [-0.05, 0) is 31.2 Å². The third kappa shape index (κ3) is 3.76. The Morgan fingerprint density at radius 1 is 1.42 bits per heavy atom. The summed E-state index contributed by atoms with van der Waals surface area (Å²) in [5, 5.41) is 3.02. The fourth-order valence-corrected chi connectivity index (χ4v) is 3.35. The van der Waals surface area contributed by atoms with E-state index in [1.165, 1.54) is 0 Å². The van der Waals surface area contributed by atoms with Crippen molar-refractivity contribution in [1.82, 2.24) is 10.0 Å². The summed E-state index contributed by atoms with van der Waals surface area (Å²) in [7, 11) is -3.72. The Balaban J connectivity index is 2.11. The van der Waals surface area contributed by atoms with Crippen LogP contribution in [0.15, 0.2) is 34.7 Å². The zero-order valence-electron chi connectivity index (χ0n) is 10.1. The van der Waals surface area contributed by atoms with Gasteiger partial charge in [-0.15, -0.1) is 0 Å². The number of hydrogen-bond donors (Lipinski definition) is 2. The maximum absolute atomic E-state index is 12.9. The number of nitrogens with one attached hydrogen (secondary N) is 2. The average Bonchev–Trinajstić information content (AvgIpc) is 2.37. The second-order valence-corrected chi connectivity index (χ2v) is 6.36. The van der Waals surface area contributed by atoms with Crippen molar-refractivity contribution in [3.63, 3.8) is 0 Å². The summed E-state index contributed by atoms with van der Waals surface area (Å²) in [6.45, 7) is 1.83. The molecule has 2 N–H and O–H groups in total. The van der Waals surface area contributed by atoms with Gasteiger partial charge in [0.05, 0.1) is 5.02 Å². The Morgan fingerprint density at radius 2 is 2.21 bits per heavy atom. The minimum absolute atomic E-state index is 0.106. The highest BCUT2D eigenvalue weighted by molar-refractivity contribution is 7.89. The molecule has 2 rings (SSSR count). The number of sulfonamides is 1. The Labute approximate surface area is 116 Å². The summed E-state index contributed by atoms with van der Waals surface area (Å²) < 4.78 is 39.5. The molecule has 1 aliphatic heterocycles. The molecular formula is C12H14ClFN2O2S. The van der Waals surface area contributed by atoms with Crippen LogP contribution in [0.25, 0.3) is 0 Å². The van der Waals surface area contributed by atoms with E-state index in [9.17, 15) is 12.8 Å². The van der Waals surface area contributed by atoms with Gasteiger partial charge in [0.15, 0.2) is 0 Å². The summed E-state index contributed by atoms with van der Waals surface area (Å²) in [6.07, 6.45) is 2.76. The molecule has 1 aromatic carbocycles. The van der Waals surface area contributed by atoms with Crippen molar-refractivity contribution in [1.29, 1.82) is 0 Å². The lowest BCUT2D eigenvalue weighted by Crippen LogP contribution is -2.29. The van der Waals surface area contributed by atoms with Gasteiger partial charge >= 0.3 is 0 Å². The van der Waals surface area contributed by atoms with Crippen LogP contribution in [0.5, 0.6) is 0 Å². The normalized spacial score (nSPS) is 16.2. The zero-order chi connectivity index (χ0) is 13.9. The molecule has 0 bridgehead atoms. The first kappa shape index (κ1) is 14.5. The van der Waals surface area contributed by atoms with Crippen LogP contribution in [0.2, 0.25) is 5.02 Å². The van der Waals surface area contributed by atoms with Gasteiger partial charge in [0, 0.05) is 13.1 Å². The van der Waals surface area contributed by atoms with Crippen LogP contribution in [0.1, 0.15) is 6.42 Å². The molecular weight excluding hydrogens is 291 g/mol. The minimum Gasteiger partial charge on any atom is -0.313 e. The van der Waals surface area contributed by atoms with Crippen LogP contribution >= 0.6 is 11.6 Å². The fraction of sp³-hybridized carbons (Fsp3) is 0.333. The third-order valence-corrected chi connectivity index (χ3v) is 4.71. The standard InChI is InChI=1S/C12H14ClFN2O2S/c13-11-7-10(14)1-2-12(11)19(17,18)16-8-9-3-5-15-6-4-9/h1-3,7,15-16H,4-6,8H2. The van der Waals surface area contributed by atoms with E-state index in [1.807, 2.05) is 6.08 Å². The molecule has 1 heterocycles. The Morgan fingerprint density at radius 3 is 2.84 bits per heavy atom. The molecule has 104 valence electrons. The van der Waals surface area contributed by atoms with Crippen LogP contribution in [0.3, 0.4) is 0 Å². The van der Waals surface area contributed by atoms with Crippen molar-refractivity contribution >= 4 is 21.6 Å². The fourth-order valence-electron chi connectivity index (χ4n) is 1.79. The summed E-state index contributed by atoms with van der Waals surface area (Å²) in [5.74, 6) is -0.565. The van der Waals surface area contributed by atoms with E-state index in [-0.39, 0.29) is 16.5 Å². The van der Waals surface area contributed by atoms with Crippen molar-refractivity contribution in [2.75, 3.05) is 19.6 Å². The van der Waals surface area contributed by atoms with Crippen molar-refractivity contribution in [2.24, 2.45) is 0 Å². The Kier molecular flexibility index (Phi) is 4.57. The minimum atomic E-state index is -3.72. The molecule has 4 nitrogen and oxygen atoms in total. The first-order valence-electron chi connectivity index (χ1n) is 5.82. The summed E-state index contributed by atoms with van der Waals surface area (Å²) in [5.41, 5.74) is 1.03. The summed E-state index contributed by atoms with van der Waals surface area (Å²) in [6, 6.07) is 3.22. The molecule has 0 atom stereocenters. The molecule has 0 amide bonds. The molecule has 0 saturated carbocycles. The predicted molar refractivity (Wildman–Crippen MR) is 72.2 cm³/mol. The molecule has 0 unspecified atom stereocenters.